The van der Waals surface area contributed by atoms with Crippen molar-refractivity contribution in [3.63, 3.8) is 0 Å². The van der Waals surface area contributed by atoms with E-state index in [9.17, 15) is 0 Å². The number of hydrogen-bond donors (Lipinski definition) is 1. The van der Waals surface area contributed by atoms with Crippen LogP contribution in [0.4, 0.5) is 0 Å². The number of hydrogen-bond acceptors (Lipinski definition) is 3. The number of aromatic nitrogens is 3. The molecule has 16 heavy (non-hydrogen) atoms. The topological polar surface area (TPSA) is 42.7 Å². The molecule has 4 nitrogen and oxygen atoms in total. The molecular weight excluding hydrogens is 200 g/mol. The summed E-state index contributed by atoms with van der Waals surface area (Å²) in [5, 5.41) is 11.9. The first-order chi connectivity index (χ1) is 7.86. The first-order valence-corrected chi connectivity index (χ1v) is 5.54. The molecule has 0 spiro atoms. The first-order valence-electron chi connectivity index (χ1n) is 5.54. The van der Waals surface area contributed by atoms with E-state index in [4.69, 9.17) is 0 Å². The largest absolute Gasteiger partial charge is 0.312 e. The molecule has 1 aromatic heterocycles. The monoisotopic (exact) mass is 214 g/mol. The molecule has 2 heterocycles. The lowest BCUT2D eigenvalue weighted by Gasteiger charge is -2.25. The highest BCUT2D eigenvalue weighted by molar-refractivity contribution is 5.26. The Morgan fingerprint density at radius 1 is 1.25 bits per heavy atom. The number of nitrogens with one attached hydrogen (secondary N) is 1. The van der Waals surface area contributed by atoms with E-state index in [1.165, 1.54) is 5.56 Å². The van der Waals surface area contributed by atoms with Crippen LogP contribution < -0.4 is 5.32 Å². The van der Waals surface area contributed by atoms with Crippen LogP contribution >= 0.6 is 0 Å². The van der Waals surface area contributed by atoms with Crippen molar-refractivity contribution < 1.29 is 0 Å². The van der Waals surface area contributed by atoms with E-state index in [-0.39, 0.29) is 6.04 Å². The normalized spacial score (nSPS) is 19.4. The van der Waals surface area contributed by atoms with E-state index in [1.54, 1.807) is 0 Å². The van der Waals surface area contributed by atoms with E-state index in [0.717, 1.165) is 24.7 Å². The Balaban J connectivity index is 2.05. The van der Waals surface area contributed by atoms with Crippen molar-refractivity contribution in [2.75, 3.05) is 6.54 Å². The lowest BCUT2D eigenvalue weighted by atomic mass is 10.1. The summed E-state index contributed by atoms with van der Waals surface area (Å²) in [6, 6.07) is 10.6. The zero-order chi connectivity index (χ0) is 11.0. The average molecular weight is 214 g/mol. The Hall–Kier alpha value is -1.68. The molecule has 0 saturated heterocycles. The van der Waals surface area contributed by atoms with Gasteiger partial charge in [0.2, 0.25) is 0 Å². The van der Waals surface area contributed by atoms with Crippen molar-refractivity contribution in [2.24, 2.45) is 0 Å². The van der Waals surface area contributed by atoms with Crippen molar-refractivity contribution in [1.29, 1.82) is 0 Å². The van der Waals surface area contributed by atoms with Crippen molar-refractivity contribution >= 4 is 0 Å². The molecule has 4 heteroatoms. The minimum absolute atomic E-state index is 0.177. The molecule has 2 aromatic rings. The van der Waals surface area contributed by atoms with Crippen LogP contribution in [0.1, 0.15) is 23.3 Å². The molecule has 0 bridgehead atoms. The average Bonchev–Trinajstić information content (AvgIpc) is 2.73. The highest BCUT2D eigenvalue weighted by Gasteiger charge is 2.24. The highest BCUT2D eigenvalue weighted by Crippen LogP contribution is 2.23. The Kier molecular flexibility index (Phi) is 2.22. The van der Waals surface area contributed by atoms with E-state index in [1.807, 2.05) is 13.0 Å². The van der Waals surface area contributed by atoms with Crippen molar-refractivity contribution in [3.8, 4) is 0 Å². The first kappa shape index (κ1) is 9.54. The zero-order valence-corrected chi connectivity index (χ0v) is 9.22. The smallest absolute Gasteiger partial charge is 0.154 e. The maximum atomic E-state index is 4.26. The van der Waals surface area contributed by atoms with Crippen molar-refractivity contribution in [3.05, 3.63) is 47.5 Å². The summed E-state index contributed by atoms with van der Waals surface area (Å²) in [6.45, 7) is 3.92. The van der Waals surface area contributed by atoms with Crippen LogP contribution in [0.3, 0.4) is 0 Å². The molecule has 1 N–H and O–H groups in total. The van der Waals surface area contributed by atoms with Crippen LogP contribution in [-0.4, -0.2) is 21.3 Å². The van der Waals surface area contributed by atoms with Crippen LogP contribution in [0.5, 0.6) is 0 Å². The summed E-state index contributed by atoms with van der Waals surface area (Å²) in [7, 11) is 0. The molecular formula is C12H14N4. The molecule has 0 radical (unpaired) electrons. The van der Waals surface area contributed by atoms with Gasteiger partial charge in [-0.05, 0) is 12.5 Å². The van der Waals surface area contributed by atoms with E-state index >= 15 is 0 Å². The van der Waals surface area contributed by atoms with Gasteiger partial charge in [-0.1, -0.05) is 30.3 Å². The molecule has 0 saturated carbocycles. The zero-order valence-electron chi connectivity index (χ0n) is 9.22. The Morgan fingerprint density at radius 3 is 2.88 bits per heavy atom. The lowest BCUT2D eigenvalue weighted by Crippen LogP contribution is -2.34. The van der Waals surface area contributed by atoms with Gasteiger partial charge >= 0.3 is 0 Å². The molecule has 82 valence electrons. The number of fused-ring (bicyclic) bond motifs is 1. The predicted octanol–water partition coefficient (Wildman–Crippen LogP) is 1.28. The second kappa shape index (κ2) is 3.72. The SMILES string of the molecule is Cc1nnc2n1CCN[C@H]2c1ccccc1. The number of rotatable bonds is 1. The van der Waals surface area contributed by atoms with E-state index < -0.39 is 0 Å². The molecule has 0 fully saturated rings. The summed E-state index contributed by atoms with van der Waals surface area (Å²) < 4.78 is 2.19. The van der Waals surface area contributed by atoms with Gasteiger partial charge in [0.25, 0.3) is 0 Å². The summed E-state index contributed by atoms with van der Waals surface area (Å²) in [6.07, 6.45) is 0. The number of nitrogens with zero attached hydrogens (tertiary/aromatic N) is 3. The van der Waals surface area contributed by atoms with Gasteiger partial charge in [-0.2, -0.15) is 0 Å². The lowest BCUT2D eigenvalue weighted by molar-refractivity contribution is 0.451. The minimum Gasteiger partial charge on any atom is -0.312 e. The summed E-state index contributed by atoms with van der Waals surface area (Å²) in [5.74, 6) is 2.02. The van der Waals surface area contributed by atoms with Gasteiger partial charge in [0.1, 0.15) is 5.82 Å². The van der Waals surface area contributed by atoms with Crippen molar-refractivity contribution in [1.82, 2.24) is 20.1 Å². The van der Waals surface area contributed by atoms with Crippen LogP contribution in [-0.2, 0) is 6.54 Å². The third-order valence-electron chi connectivity index (χ3n) is 3.04. The third kappa shape index (κ3) is 1.42. The van der Waals surface area contributed by atoms with Gasteiger partial charge in [0.05, 0.1) is 6.04 Å². The fourth-order valence-electron chi connectivity index (χ4n) is 2.21. The van der Waals surface area contributed by atoms with Gasteiger partial charge in [-0.25, -0.2) is 0 Å². The van der Waals surface area contributed by atoms with E-state index in [0.29, 0.717) is 0 Å². The fourth-order valence-corrected chi connectivity index (χ4v) is 2.21. The molecule has 1 aliphatic heterocycles. The van der Waals surface area contributed by atoms with Gasteiger partial charge in [0.15, 0.2) is 5.82 Å². The Morgan fingerprint density at radius 2 is 2.06 bits per heavy atom. The summed E-state index contributed by atoms with van der Waals surface area (Å²) >= 11 is 0. The maximum Gasteiger partial charge on any atom is 0.154 e. The van der Waals surface area contributed by atoms with Crippen LogP contribution in [0.25, 0.3) is 0 Å². The van der Waals surface area contributed by atoms with Gasteiger partial charge in [-0.15, -0.1) is 10.2 Å². The standard InChI is InChI=1S/C12H14N4/c1-9-14-15-12-11(13-7-8-16(9)12)10-5-3-2-4-6-10/h2-6,11,13H,7-8H2,1H3/t11-/m0/s1. The number of benzene rings is 1. The molecule has 1 aliphatic rings. The predicted molar refractivity (Wildman–Crippen MR) is 61.0 cm³/mol. The molecule has 0 amide bonds. The molecule has 0 aliphatic carbocycles. The molecule has 1 aromatic carbocycles. The summed E-state index contributed by atoms with van der Waals surface area (Å²) in [5.41, 5.74) is 1.25. The van der Waals surface area contributed by atoms with E-state index in [2.05, 4.69) is 44.3 Å². The second-order valence-corrected chi connectivity index (χ2v) is 4.05. The van der Waals surface area contributed by atoms with Crippen LogP contribution in [0.15, 0.2) is 30.3 Å². The van der Waals surface area contributed by atoms with Gasteiger partial charge < -0.3 is 9.88 Å². The maximum absolute atomic E-state index is 4.26. The van der Waals surface area contributed by atoms with Crippen LogP contribution in [0, 0.1) is 6.92 Å². The minimum atomic E-state index is 0.177. The second-order valence-electron chi connectivity index (χ2n) is 4.05. The fraction of sp³-hybridized carbons (Fsp3) is 0.333. The van der Waals surface area contributed by atoms with Crippen molar-refractivity contribution in [2.45, 2.75) is 19.5 Å². The summed E-state index contributed by atoms with van der Waals surface area (Å²) in [4.78, 5) is 0. The Labute approximate surface area is 94.3 Å². The number of aryl methyl sites for hydroxylation is 1. The molecule has 3 rings (SSSR count). The van der Waals surface area contributed by atoms with Crippen LogP contribution in [0.2, 0.25) is 0 Å². The van der Waals surface area contributed by atoms with Gasteiger partial charge in [-0.3, -0.25) is 0 Å². The highest BCUT2D eigenvalue weighted by atomic mass is 15.3. The Bertz CT molecular complexity index is 489. The third-order valence-corrected chi connectivity index (χ3v) is 3.04. The quantitative estimate of drug-likeness (QED) is 0.777. The van der Waals surface area contributed by atoms with Gasteiger partial charge in [0, 0.05) is 13.1 Å². The molecule has 0 unspecified atom stereocenters. The molecule has 1 atom stereocenters.